The second-order valence-electron chi connectivity index (χ2n) is 11.5. The normalized spacial score (nSPS) is 16.7. The number of rotatable bonds is 9. The van der Waals surface area contributed by atoms with Gasteiger partial charge in [0.15, 0.2) is 0 Å². The Morgan fingerprint density at radius 2 is 1.88 bits per heavy atom. The molecule has 1 aliphatic heterocycles. The molecule has 0 saturated carbocycles. The minimum absolute atomic E-state index is 0.193. The van der Waals surface area contributed by atoms with Gasteiger partial charge >= 0.3 is 6.18 Å². The van der Waals surface area contributed by atoms with Gasteiger partial charge in [-0.1, -0.05) is 33.3 Å². The summed E-state index contributed by atoms with van der Waals surface area (Å²) < 4.78 is 40.9. The number of thiophene rings is 1. The van der Waals surface area contributed by atoms with Gasteiger partial charge in [0.2, 0.25) is 0 Å². The Kier molecular flexibility index (Phi) is 8.57. The fourth-order valence-electron chi connectivity index (χ4n) is 5.83. The molecule has 1 saturated heterocycles. The molecule has 1 N–H and O–H groups in total. The van der Waals surface area contributed by atoms with Gasteiger partial charge in [0.05, 0.1) is 11.8 Å². The molecule has 4 aromatic rings. The zero-order valence-electron chi connectivity index (χ0n) is 24.1. The molecule has 6 nitrogen and oxygen atoms in total. The Hall–Kier alpha value is -3.16. The molecular formula is C31H37F3N6S. The van der Waals surface area contributed by atoms with Crippen LogP contribution in [0.15, 0.2) is 30.6 Å². The maximum Gasteiger partial charge on any atom is 0.393 e. The van der Waals surface area contributed by atoms with Crippen molar-refractivity contribution >= 4 is 38.3 Å². The number of hydrogen-bond acceptors (Lipinski definition) is 6. The number of benzene rings is 1. The average molecular weight is 583 g/mol. The van der Waals surface area contributed by atoms with Gasteiger partial charge in [-0.15, -0.1) is 11.3 Å². The van der Waals surface area contributed by atoms with Crippen molar-refractivity contribution < 1.29 is 13.2 Å². The van der Waals surface area contributed by atoms with Gasteiger partial charge in [0.25, 0.3) is 0 Å². The highest BCUT2D eigenvalue weighted by molar-refractivity contribution is 7.18. The first-order valence-corrected chi connectivity index (χ1v) is 15.2. The van der Waals surface area contributed by atoms with Crippen molar-refractivity contribution in [2.75, 3.05) is 18.4 Å². The summed E-state index contributed by atoms with van der Waals surface area (Å²) in [5, 5.41) is 15.1. The minimum atomic E-state index is -4.24. The van der Waals surface area contributed by atoms with E-state index in [1.165, 1.54) is 17.5 Å². The first kappa shape index (κ1) is 29.3. The molecule has 1 fully saturated rings. The van der Waals surface area contributed by atoms with E-state index < -0.39 is 12.6 Å². The van der Waals surface area contributed by atoms with Gasteiger partial charge in [-0.25, -0.2) is 9.97 Å². The quantitative estimate of drug-likeness (QED) is 0.219. The molecule has 0 amide bonds. The zero-order chi connectivity index (χ0) is 29.3. The highest BCUT2D eigenvalue weighted by Crippen LogP contribution is 2.34. The van der Waals surface area contributed by atoms with E-state index in [2.05, 4.69) is 70.6 Å². The van der Waals surface area contributed by atoms with Gasteiger partial charge < -0.3 is 9.88 Å². The molecule has 5 rings (SSSR count). The van der Waals surface area contributed by atoms with Crippen LogP contribution >= 0.6 is 11.3 Å². The molecule has 1 aromatic carbocycles. The SMILES string of the molecule is CCC(C)C(C)Cn1c(C#N)cc2c(C)c(CN3CCC(Nc4ncnc5sc(CC(F)(F)F)cc45)CC3)ccc21. The number of nitrogens with one attached hydrogen (secondary N) is 1. The largest absolute Gasteiger partial charge is 0.393 e. The van der Waals surface area contributed by atoms with Crippen molar-refractivity contribution in [1.29, 1.82) is 5.26 Å². The number of alkyl halides is 3. The average Bonchev–Trinajstić information content (AvgIpc) is 3.51. The van der Waals surface area contributed by atoms with E-state index in [1.807, 2.05) is 6.07 Å². The van der Waals surface area contributed by atoms with E-state index in [4.69, 9.17) is 0 Å². The summed E-state index contributed by atoms with van der Waals surface area (Å²) in [4.78, 5) is 11.8. The number of hydrogen-bond donors (Lipinski definition) is 1. The number of halogens is 3. The van der Waals surface area contributed by atoms with Gasteiger partial charge in [-0.05, 0) is 60.9 Å². The summed E-state index contributed by atoms with van der Waals surface area (Å²) in [5.74, 6) is 1.69. The molecule has 0 bridgehead atoms. The maximum absolute atomic E-state index is 12.9. The van der Waals surface area contributed by atoms with E-state index in [1.54, 1.807) is 6.07 Å². The summed E-state index contributed by atoms with van der Waals surface area (Å²) in [6, 6.07) is 10.6. The Bertz CT molecular complexity index is 1560. The molecule has 0 radical (unpaired) electrons. The van der Waals surface area contributed by atoms with E-state index in [0.29, 0.717) is 27.9 Å². The van der Waals surface area contributed by atoms with Gasteiger partial charge in [0.1, 0.15) is 28.7 Å². The number of aryl methyl sites for hydroxylation is 1. The van der Waals surface area contributed by atoms with Crippen molar-refractivity contribution in [3.63, 3.8) is 0 Å². The third-order valence-electron chi connectivity index (χ3n) is 8.74. The molecule has 0 spiro atoms. The van der Waals surface area contributed by atoms with Gasteiger partial charge in [-0.3, -0.25) is 4.90 Å². The van der Waals surface area contributed by atoms with Crippen molar-refractivity contribution in [1.82, 2.24) is 19.4 Å². The van der Waals surface area contributed by atoms with Crippen LogP contribution in [0.5, 0.6) is 0 Å². The lowest BCUT2D eigenvalue weighted by molar-refractivity contribution is -0.126. The van der Waals surface area contributed by atoms with Crippen LogP contribution in [-0.4, -0.2) is 44.7 Å². The van der Waals surface area contributed by atoms with Crippen LogP contribution in [-0.2, 0) is 19.5 Å². The summed E-state index contributed by atoms with van der Waals surface area (Å²) in [6.45, 7) is 12.4. The Labute approximate surface area is 243 Å². The fourth-order valence-corrected chi connectivity index (χ4v) is 6.85. The first-order chi connectivity index (χ1) is 19.6. The molecule has 1 aliphatic rings. The molecule has 10 heteroatoms. The number of likely N-dealkylation sites (tertiary alicyclic amines) is 1. The van der Waals surface area contributed by atoms with Crippen molar-refractivity contribution in [3.05, 3.63) is 52.3 Å². The van der Waals surface area contributed by atoms with Crippen LogP contribution in [0.3, 0.4) is 0 Å². The highest BCUT2D eigenvalue weighted by Gasteiger charge is 2.29. The number of nitriles is 1. The molecule has 2 unspecified atom stereocenters. The third kappa shape index (κ3) is 6.52. The zero-order valence-corrected chi connectivity index (χ0v) is 24.9. The van der Waals surface area contributed by atoms with Crippen molar-refractivity contribution in [3.8, 4) is 6.07 Å². The fraction of sp³-hybridized carbons (Fsp3) is 0.516. The molecular weight excluding hydrogens is 545 g/mol. The maximum atomic E-state index is 12.9. The molecule has 2 atom stereocenters. The molecule has 0 aliphatic carbocycles. The topological polar surface area (TPSA) is 69.8 Å². The summed E-state index contributed by atoms with van der Waals surface area (Å²) >= 11 is 1.07. The lowest BCUT2D eigenvalue weighted by Crippen LogP contribution is -2.39. The number of anilines is 1. The summed E-state index contributed by atoms with van der Waals surface area (Å²) in [7, 11) is 0. The van der Waals surface area contributed by atoms with Crippen LogP contribution in [0.1, 0.15) is 61.7 Å². The Morgan fingerprint density at radius 3 is 2.56 bits per heavy atom. The lowest BCUT2D eigenvalue weighted by Gasteiger charge is -2.33. The standard InChI is InChI=1S/C31H37F3N6S/c1-5-19(2)20(3)16-40-24(15-35)12-26-21(4)22(6-7-28(26)40)17-39-10-8-23(9-11-39)38-29-27-13-25(14-31(32,33)34)41-30(27)37-18-36-29/h6-7,12-13,18-20,23H,5,8-11,14,16-17H2,1-4H3,(H,36,37,38). The predicted molar refractivity (Wildman–Crippen MR) is 159 cm³/mol. The van der Waals surface area contributed by atoms with Gasteiger partial charge in [0, 0.05) is 48.0 Å². The van der Waals surface area contributed by atoms with E-state index in [9.17, 15) is 18.4 Å². The molecule has 4 heterocycles. The lowest BCUT2D eigenvalue weighted by atomic mass is 9.93. The molecule has 41 heavy (non-hydrogen) atoms. The number of fused-ring (bicyclic) bond motifs is 2. The smallest absolute Gasteiger partial charge is 0.367 e. The monoisotopic (exact) mass is 582 g/mol. The highest BCUT2D eigenvalue weighted by atomic mass is 32.1. The molecule has 218 valence electrons. The Balaban J connectivity index is 1.24. The van der Waals surface area contributed by atoms with Crippen LogP contribution in [0.4, 0.5) is 19.0 Å². The van der Waals surface area contributed by atoms with Crippen molar-refractivity contribution in [2.24, 2.45) is 11.8 Å². The minimum Gasteiger partial charge on any atom is -0.367 e. The van der Waals surface area contributed by atoms with E-state index in [0.717, 1.165) is 73.4 Å². The van der Waals surface area contributed by atoms with Crippen molar-refractivity contribution in [2.45, 2.75) is 78.7 Å². The predicted octanol–water partition coefficient (Wildman–Crippen LogP) is 7.69. The van der Waals surface area contributed by atoms with E-state index >= 15 is 0 Å². The molecule has 3 aromatic heterocycles. The van der Waals surface area contributed by atoms with Crippen LogP contribution in [0, 0.1) is 30.1 Å². The number of aromatic nitrogens is 3. The first-order valence-electron chi connectivity index (χ1n) is 14.4. The van der Waals surface area contributed by atoms with Crippen LogP contribution < -0.4 is 5.32 Å². The van der Waals surface area contributed by atoms with Gasteiger partial charge in [-0.2, -0.15) is 18.4 Å². The second kappa shape index (κ2) is 12.0. The third-order valence-corrected chi connectivity index (χ3v) is 9.79. The van der Waals surface area contributed by atoms with Crippen LogP contribution in [0.25, 0.3) is 21.1 Å². The number of nitrogens with zero attached hydrogens (tertiary/aromatic N) is 5. The number of piperidine rings is 1. The Morgan fingerprint density at radius 1 is 1.12 bits per heavy atom. The van der Waals surface area contributed by atoms with Crippen LogP contribution in [0.2, 0.25) is 0 Å². The summed E-state index contributed by atoms with van der Waals surface area (Å²) in [5.41, 5.74) is 4.35. The second-order valence-corrected chi connectivity index (χ2v) is 12.7. The summed E-state index contributed by atoms with van der Waals surface area (Å²) in [6.07, 6.45) is -0.827. The van der Waals surface area contributed by atoms with E-state index in [-0.39, 0.29) is 10.9 Å².